The molecule has 2 amide bonds. The average Bonchev–Trinajstić information content (AvgIpc) is 3.23. The molecule has 172 valence electrons. The molecule has 33 heavy (non-hydrogen) atoms. The normalized spacial score (nSPS) is 14.2. The monoisotopic (exact) mass is 488 g/mol. The molecule has 0 saturated carbocycles. The first-order chi connectivity index (χ1) is 15.3. The van der Waals surface area contributed by atoms with Crippen LogP contribution in [0.4, 0.5) is 32.0 Å². The van der Waals surface area contributed by atoms with Crippen LogP contribution in [0, 0.1) is 6.92 Å². The fraction of sp³-hybridized carbons (Fsp3) is 0.200. The first-order valence-electron chi connectivity index (χ1n) is 9.15. The predicted octanol–water partition coefficient (Wildman–Crippen LogP) is 5.13. The van der Waals surface area contributed by atoms with Gasteiger partial charge in [-0.15, -0.1) is 5.10 Å². The molecule has 0 unspecified atom stereocenters. The number of carbonyl (C=O) groups excluding carboxylic acids is 2. The number of fused-ring (bicyclic) bond motifs is 1. The summed E-state index contributed by atoms with van der Waals surface area (Å²) < 4.78 is 78.1. The van der Waals surface area contributed by atoms with E-state index in [1.54, 1.807) is 0 Å². The number of benzene rings is 2. The van der Waals surface area contributed by atoms with Gasteiger partial charge in [0.25, 0.3) is 17.6 Å². The summed E-state index contributed by atoms with van der Waals surface area (Å²) in [5, 5.41) is 3.05. The smallest absolute Gasteiger partial charge is 0.268 e. The number of rotatable bonds is 3. The highest BCUT2D eigenvalue weighted by Gasteiger charge is 2.44. The fourth-order valence-electron chi connectivity index (χ4n) is 3.48. The fourth-order valence-corrected chi connectivity index (χ4v) is 3.74. The van der Waals surface area contributed by atoms with E-state index >= 15 is 0 Å². The van der Waals surface area contributed by atoms with Crippen molar-refractivity contribution in [3.8, 4) is 0 Å². The molecule has 2 aromatic carbocycles. The Morgan fingerprint density at radius 1 is 0.970 bits per heavy atom. The Balaban J connectivity index is 1.68. The summed E-state index contributed by atoms with van der Waals surface area (Å²) in [5.41, 5.74) is 0.766. The summed E-state index contributed by atoms with van der Waals surface area (Å²) in [6.45, 7) is 0.824. The van der Waals surface area contributed by atoms with E-state index in [-0.39, 0.29) is 32.1 Å². The Kier molecular flexibility index (Phi) is 5.23. The van der Waals surface area contributed by atoms with Crippen LogP contribution in [0.2, 0.25) is 5.02 Å². The van der Waals surface area contributed by atoms with Gasteiger partial charge in [-0.3, -0.25) is 9.59 Å². The van der Waals surface area contributed by atoms with E-state index in [1.807, 2.05) is 0 Å². The molecule has 13 heteroatoms. The van der Waals surface area contributed by atoms with Crippen molar-refractivity contribution in [2.45, 2.75) is 25.8 Å². The standard InChI is InChI=1S/C20H11ClF6N4O2/c1-9-7-10(8-30-18(20(25,26)27)28-17(29-30)19(22,23)24)5-6-13(9)31-15(32)11-3-2-4-12(21)14(11)16(31)33/h2-7H,8H2,1H3. The van der Waals surface area contributed by atoms with Crippen molar-refractivity contribution in [3.05, 3.63) is 75.3 Å². The van der Waals surface area contributed by atoms with E-state index in [9.17, 15) is 35.9 Å². The van der Waals surface area contributed by atoms with Gasteiger partial charge in [-0.2, -0.15) is 31.3 Å². The van der Waals surface area contributed by atoms with Crippen molar-refractivity contribution in [2.75, 3.05) is 4.90 Å². The van der Waals surface area contributed by atoms with Gasteiger partial charge in [0.05, 0.1) is 28.4 Å². The van der Waals surface area contributed by atoms with Crippen molar-refractivity contribution < 1.29 is 35.9 Å². The van der Waals surface area contributed by atoms with Crippen molar-refractivity contribution in [3.63, 3.8) is 0 Å². The van der Waals surface area contributed by atoms with Crippen molar-refractivity contribution in [1.29, 1.82) is 0 Å². The van der Waals surface area contributed by atoms with Gasteiger partial charge in [0.1, 0.15) is 0 Å². The Labute approximate surface area is 186 Å². The number of nitrogens with zero attached hydrogens (tertiary/aromatic N) is 4. The molecule has 0 saturated heterocycles. The zero-order chi connectivity index (χ0) is 24.3. The van der Waals surface area contributed by atoms with Crippen LogP contribution in [0.1, 0.15) is 43.5 Å². The number of imide groups is 1. The van der Waals surface area contributed by atoms with E-state index < -0.39 is 42.4 Å². The van der Waals surface area contributed by atoms with Gasteiger partial charge in [-0.1, -0.05) is 29.8 Å². The van der Waals surface area contributed by atoms with Gasteiger partial charge in [-0.25, -0.2) is 9.58 Å². The topological polar surface area (TPSA) is 68.1 Å². The highest BCUT2D eigenvalue weighted by Crippen LogP contribution is 2.35. The van der Waals surface area contributed by atoms with Gasteiger partial charge in [0, 0.05) is 0 Å². The van der Waals surface area contributed by atoms with E-state index in [4.69, 9.17) is 11.6 Å². The predicted molar refractivity (Wildman–Crippen MR) is 103 cm³/mol. The summed E-state index contributed by atoms with van der Waals surface area (Å²) in [7, 11) is 0. The number of hydrogen-bond donors (Lipinski definition) is 0. The maximum Gasteiger partial charge on any atom is 0.453 e. The second-order valence-electron chi connectivity index (χ2n) is 7.14. The van der Waals surface area contributed by atoms with E-state index in [2.05, 4.69) is 10.1 Å². The van der Waals surface area contributed by atoms with Crippen LogP contribution in [0.15, 0.2) is 36.4 Å². The van der Waals surface area contributed by atoms with Crippen LogP contribution in [-0.2, 0) is 18.9 Å². The number of aryl methyl sites for hydroxylation is 1. The Morgan fingerprint density at radius 3 is 2.24 bits per heavy atom. The molecule has 0 bridgehead atoms. The number of alkyl halides is 6. The minimum absolute atomic E-state index is 0.0322. The lowest BCUT2D eigenvalue weighted by atomic mass is 10.1. The Hall–Kier alpha value is -3.41. The van der Waals surface area contributed by atoms with Crippen LogP contribution in [0.5, 0.6) is 0 Å². The molecule has 0 N–H and O–H groups in total. The summed E-state index contributed by atoms with van der Waals surface area (Å²) >= 11 is 6.04. The Bertz CT molecular complexity index is 1300. The van der Waals surface area contributed by atoms with Crippen molar-refractivity contribution >= 4 is 29.1 Å². The first-order valence-corrected chi connectivity index (χ1v) is 9.53. The van der Waals surface area contributed by atoms with Crippen molar-refractivity contribution in [2.24, 2.45) is 0 Å². The highest BCUT2D eigenvalue weighted by molar-refractivity contribution is 6.42. The minimum atomic E-state index is -5.16. The van der Waals surface area contributed by atoms with Crippen LogP contribution in [-0.4, -0.2) is 26.6 Å². The average molecular weight is 489 g/mol. The molecule has 6 nitrogen and oxygen atoms in total. The third kappa shape index (κ3) is 3.94. The number of carbonyl (C=O) groups is 2. The maximum atomic E-state index is 13.2. The summed E-state index contributed by atoms with van der Waals surface area (Å²) in [6, 6.07) is 8.34. The molecule has 2 heterocycles. The van der Waals surface area contributed by atoms with Crippen LogP contribution in [0.3, 0.4) is 0 Å². The highest BCUT2D eigenvalue weighted by atomic mass is 35.5. The number of amides is 2. The zero-order valence-electron chi connectivity index (χ0n) is 16.4. The molecule has 1 aliphatic heterocycles. The number of aromatic nitrogens is 3. The molecule has 0 aliphatic carbocycles. The molecular weight excluding hydrogens is 478 g/mol. The SMILES string of the molecule is Cc1cc(Cn2nc(C(F)(F)F)nc2C(F)(F)F)ccc1N1C(=O)c2cccc(Cl)c2C1=O. The zero-order valence-corrected chi connectivity index (χ0v) is 17.2. The Morgan fingerprint density at radius 2 is 1.67 bits per heavy atom. The molecular formula is C20H11ClF6N4O2. The summed E-state index contributed by atoms with van der Waals surface area (Å²) in [5.74, 6) is -5.00. The molecule has 0 fully saturated rings. The molecule has 0 radical (unpaired) electrons. The lowest BCUT2D eigenvalue weighted by molar-refractivity contribution is -0.150. The van der Waals surface area contributed by atoms with Crippen LogP contribution >= 0.6 is 11.6 Å². The van der Waals surface area contributed by atoms with E-state index in [0.717, 1.165) is 4.90 Å². The maximum absolute atomic E-state index is 13.2. The number of halogens is 7. The lowest BCUT2D eigenvalue weighted by Crippen LogP contribution is -2.30. The quantitative estimate of drug-likeness (QED) is 0.379. The minimum Gasteiger partial charge on any atom is -0.268 e. The number of anilines is 1. The van der Waals surface area contributed by atoms with Gasteiger partial charge in [0.2, 0.25) is 5.82 Å². The molecule has 1 aliphatic rings. The molecule has 1 aromatic heterocycles. The molecule has 0 spiro atoms. The third-order valence-corrected chi connectivity index (χ3v) is 5.19. The first kappa shape index (κ1) is 22.8. The molecule has 4 rings (SSSR count). The van der Waals surface area contributed by atoms with Gasteiger partial charge < -0.3 is 0 Å². The van der Waals surface area contributed by atoms with Crippen LogP contribution in [0.25, 0.3) is 0 Å². The second-order valence-corrected chi connectivity index (χ2v) is 7.55. The summed E-state index contributed by atoms with van der Waals surface area (Å²) in [6.07, 6.45) is -10.3. The van der Waals surface area contributed by atoms with Gasteiger partial charge in [0.15, 0.2) is 0 Å². The lowest BCUT2D eigenvalue weighted by Gasteiger charge is -2.18. The van der Waals surface area contributed by atoms with E-state index in [0.29, 0.717) is 5.56 Å². The van der Waals surface area contributed by atoms with Crippen LogP contribution < -0.4 is 4.90 Å². The van der Waals surface area contributed by atoms with Crippen molar-refractivity contribution in [1.82, 2.24) is 14.8 Å². The molecule has 0 atom stereocenters. The second kappa shape index (κ2) is 7.58. The number of hydrogen-bond acceptors (Lipinski definition) is 4. The van der Waals surface area contributed by atoms with E-state index in [1.165, 1.54) is 43.3 Å². The summed E-state index contributed by atoms with van der Waals surface area (Å²) in [4.78, 5) is 29.0. The van der Waals surface area contributed by atoms with Gasteiger partial charge in [-0.05, 0) is 36.2 Å². The van der Waals surface area contributed by atoms with Gasteiger partial charge >= 0.3 is 12.4 Å². The third-order valence-electron chi connectivity index (χ3n) is 4.88. The molecule has 3 aromatic rings. The largest absolute Gasteiger partial charge is 0.453 e.